The minimum absolute atomic E-state index is 0.221. The molecule has 0 spiro atoms. The van der Waals surface area contributed by atoms with Crippen molar-refractivity contribution in [3.63, 3.8) is 0 Å². The fraction of sp³-hybridized carbons (Fsp3) is 0.320. The number of nitrogens with zero attached hydrogens (tertiary/aromatic N) is 2. The van der Waals surface area contributed by atoms with Crippen LogP contribution in [0.15, 0.2) is 58.1 Å². The van der Waals surface area contributed by atoms with E-state index in [0.29, 0.717) is 35.9 Å². The van der Waals surface area contributed by atoms with Crippen molar-refractivity contribution in [2.24, 2.45) is 5.16 Å². The van der Waals surface area contributed by atoms with E-state index < -0.39 is 12.1 Å². The third-order valence-electron chi connectivity index (χ3n) is 4.92. The van der Waals surface area contributed by atoms with E-state index >= 15 is 0 Å². The Kier molecular flexibility index (Phi) is 7.65. The smallest absolute Gasteiger partial charge is 0.344 e. The Labute approximate surface area is 187 Å². The normalized spacial score (nSPS) is 12.4. The van der Waals surface area contributed by atoms with E-state index in [4.69, 9.17) is 19.1 Å². The SMILES string of the molecule is CCC(Oc1ccc(CC(C)=NOCc2nc(-c3ccc(C)cc3)oc2C)cc1)C(=O)O. The summed E-state index contributed by atoms with van der Waals surface area (Å²) in [5, 5.41) is 13.3. The van der Waals surface area contributed by atoms with Crippen LogP contribution in [-0.2, 0) is 22.7 Å². The van der Waals surface area contributed by atoms with Gasteiger partial charge in [-0.2, -0.15) is 0 Å². The van der Waals surface area contributed by atoms with Gasteiger partial charge in [0.1, 0.15) is 17.2 Å². The summed E-state index contributed by atoms with van der Waals surface area (Å²) >= 11 is 0. The Morgan fingerprint density at radius 3 is 2.44 bits per heavy atom. The lowest BCUT2D eigenvalue weighted by atomic mass is 10.1. The summed E-state index contributed by atoms with van der Waals surface area (Å²) in [5.41, 5.74) is 4.63. The summed E-state index contributed by atoms with van der Waals surface area (Å²) < 4.78 is 11.2. The molecule has 1 unspecified atom stereocenters. The Balaban J connectivity index is 1.54. The van der Waals surface area contributed by atoms with E-state index in [1.54, 1.807) is 19.1 Å². The van der Waals surface area contributed by atoms with Gasteiger partial charge in [-0.1, -0.05) is 41.9 Å². The topological polar surface area (TPSA) is 94.2 Å². The molecule has 0 fully saturated rings. The summed E-state index contributed by atoms with van der Waals surface area (Å²) in [6.07, 6.45) is 0.157. The van der Waals surface area contributed by atoms with Gasteiger partial charge >= 0.3 is 5.97 Å². The van der Waals surface area contributed by atoms with E-state index in [0.717, 1.165) is 16.8 Å². The van der Waals surface area contributed by atoms with Crippen molar-refractivity contribution in [2.75, 3.05) is 0 Å². The van der Waals surface area contributed by atoms with E-state index in [1.807, 2.05) is 57.2 Å². The number of aryl methyl sites for hydroxylation is 2. The predicted molar refractivity (Wildman–Crippen MR) is 122 cm³/mol. The fourth-order valence-corrected chi connectivity index (χ4v) is 3.07. The van der Waals surface area contributed by atoms with Crippen molar-refractivity contribution in [1.82, 2.24) is 4.98 Å². The van der Waals surface area contributed by atoms with Crippen LogP contribution in [0.5, 0.6) is 5.75 Å². The van der Waals surface area contributed by atoms with Gasteiger partial charge in [-0.3, -0.25) is 0 Å². The summed E-state index contributed by atoms with van der Waals surface area (Å²) in [6.45, 7) is 7.77. The zero-order chi connectivity index (χ0) is 23.1. The Morgan fingerprint density at radius 1 is 1.12 bits per heavy atom. The number of ether oxygens (including phenoxy) is 1. The first-order valence-electron chi connectivity index (χ1n) is 10.5. The maximum absolute atomic E-state index is 11.1. The van der Waals surface area contributed by atoms with Gasteiger partial charge in [-0.25, -0.2) is 9.78 Å². The molecule has 0 aliphatic rings. The summed E-state index contributed by atoms with van der Waals surface area (Å²) in [7, 11) is 0. The molecule has 0 saturated carbocycles. The van der Waals surface area contributed by atoms with Crippen molar-refractivity contribution in [1.29, 1.82) is 0 Å². The predicted octanol–water partition coefficient (Wildman–Crippen LogP) is 5.34. The number of carbonyl (C=O) groups is 1. The second-order valence-electron chi connectivity index (χ2n) is 7.66. The van der Waals surface area contributed by atoms with E-state index in [9.17, 15) is 4.79 Å². The van der Waals surface area contributed by atoms with Crippen molar-refractivity contribution in [2.45, 2.75) is 53.2 Å². The summed E-state index contributed by atoms with van der Waals surface area (Å²) in [5.74, 6) is 0.831. The lowest BCUT2D eigenvalue weighted by molar-refractivity contribution is -0.145. The molecule has 7 heteroatoms. The number of hydrogen-bond acceptors (Lipinski definition) is 6. The van der Waals surface area contributed by atoms with Crippen LogP contribution in [0.3, 0.4) is 0 Å². The molecular weight excluding hydrogens is 408 g/mol. The third kappa shape index (κ3) is 6.20. The Bertz CT molecular complexity index is 1070. The summed E-state index contributed by atoms with van der Waals surface area (Å²) in [4.78, 5) is 21.1. The second kappa shape index (κ2) is 10.6. The molecule has 1 atom stereocenters. The van der Waals surface area contributed by atoms with Gasteiger partial charge in [-0.15, -0.1) is 0 Å². The minimum atomic E-state index is -0.968. The number of carboxylic acids is 1. The van der Waals surface area contributed by atoms with Gasteiger partial charge in [0.25, 0.3) is 0 Å². The largest absolute Gasteiger partial charge is 0.479 e. The number of benzene rings is 2. The summed E-state index contributed by atoms with van der Waals surface area (Å²) in [6, 6.07) is 15.3. The van der Waals surface area contributed by atoms with E-state index in [1.165, 1.54) is 5.56 Å². The first-order chi connectivity index (χ1) is 15.4. The maximum atomic E-state index is 11.1. The van der Waals surface area contributed by atoms with Gasteiger partial charge in [0, 0.05) is 12.0 Å². The first-order valence-corrected chi connectivity index (χ1v) is 10.5. The lowest BCUT2D eigenvalue weighted by Gasteiger charge is -2.13. The number of hydrogen-bond donors (Lipinski definition) is 1. The van der Waals surface area contributed by atoms with Crippen molar-refractivity contribution in [3.8, 4) is 17.2 Å². The molecule has 1 N–H and O–H groups in total. The molecule has 0 saturated heterocycles. The van der Waals surface area contributed by atoms with Crippen molar-refractivity contribution < 1.29 is 23.9 Å². The van der Waals surface area contributed by atoms with Crippen LogP contribution < -0.4 is 4.74 Å². The molecule has 3 aromatic rings. The molecule has 7 nitrogen and oxygen atoms in total. The molecule has 3 rings (SSSR count). The molecule has 0 bridgehead atoms. The highest BCUT2D eigenvalue weighted by Crippen LogP contribution is 2.22. The minimum Gasteiger partial charge on any atom is -0.479 e. The maximum Gasteiger partial charge on any atom is 0.344 e. The molecule has 168 valence electrons. The number of carboxylic acid groups (broad SMARTS) is 1. The highest BCUT2D eigenvalue weighted by molar-refractivity contribution is 5.83. The van der Waals surface area contributed by atoms with Gasteiger partial charge < -0.3 is 19.1 Å². The van der Waals surface area contributed by atoms with Crippen LogP contribution in [0.1, 0.15) is 42.8 Å². The Morgan fingerprint density at radius 2 is 1.81 bits per heavy atom. The van der Waals surface area contributed by atoms with E-state index in [2.05, 4.69) is 10.1 Å². The molecule has 1 aromatic heterocycles. The van der Waals surface area contributed by atoms with Crippen LogP contribution in [0.25, 0.3) is 11.5 Å². The number of aliphatic carboxylic acids is 1. The van der Waals surface area contributed by atoms with Crippen molar-refractivity contribution >= 4 is 11.7 Å². The first kappa shape index (κ1) is 23.1. The van der Waals surface area contributed by atoms with Gasteiger partial charge in [-0.05, 0) is 57.0 Å². The monoisotopic (exact) mass is 436 g/mol. The quantitative estimate of drug-likeness (QED) is 0.341. The number of oxazole rings is 1. The molecule has 32 heavy (non-hydrogen) atoms. The molecule has 2 aromatic carbocycles. The van der Waals surface area contributed by atoms with Crippen LogP contribution in [0.2, 0.25) is 0 Å². The molecular formula is C25H28N2O5. The van der Waals surface area contributed by atoms with Gasteiger partial charge in [0.05, 0.1) is 5.71 Å². The third-order valence-corrected chi connectivity index (χ3v) is 4.92. The molecule has 0 radical (unpaired) electrons. The van der Waals surface area contributed by atoms with Crippen molar-refractivity contribution in [3.05, 3.63) is 71.1 Å². The standard InChI is InChI=1S/C25H28N2O5/c1-5-23(25(28)29)32-21-12-8-19(9-13-21)14-17(3)27-30-15-22-18(4)31-24(26-22)20-10-6-16(2)7-11-20/h6-13,23H,5,14-15H2,1-4H3,(H,28,29). The van der Waals surface area contributed by atoms with Crippen LogP contribution in [0.4, 0.5) is 0 Å². The average Bonchev–Trinajstić information content (AvgIpc) is 3.14. The Hall–Kier alpha value is -3.61. The highest BCUT2D eigenvalue weighted by Gasteiger charge is 2.16. The lowest BCUT2D eigenvalue weighted by Crippen LogP contribution is -2.25. The molecule has 0 amide bonds. The highest BCUT2D eigenvalue weighted by atomic mass is 16.6. The van der Waals surface area contributed by atoms with Crippen LogP contribution in [0, 0.1) is 13.8 Å². The number of rotatable bonds is 10. The molecule has 0 aliphatic carbocycles. The number of oxime groups is 1. The zero-order valence-corrected chi connectivity index (χ0v) is 18.8. The second-order valence-corrected chi connectivity index (χ2v) is 7.66. The van der Waals surface area contributed by atoms with Crippen LogP contribution in [-0.4, -0.2) is 27.9 Å². The number of aromatic nitrogens is 1. The average molecular weight is 437 g/mol. The molecule has 0 aliphatic heterocycles. The van der Waals surface area contributed by atoms with Gasteiger partial charge in [0.2, 0.25) is 5.89 Å². The zero-order valence-electron chi connectivity index (χ0n) is 18.8. The van der Waals surface area contributed by atoms with E-state index in [-0.39, 0.29) is 6.61 Å². The molecule has 1 heterocycles. The fourth-order valence-electron chi connectivity index (χ4n) is 3.07. The van der Waals surface area contributed by atoms with Gasteiger partial charge in [0.15, 0.2) is 12.7 Å². The van der Waals surface area contributed by atoms with Crippen LogP contribution >= 0.6 is 0 Å².